The Bertz CT molecular complexity index is 806. The molecule has 2 aromatic rings. The number of furan rings is 1. The average molecular weight is 368 g/mol. The second-order valence-corrected chi connectivity index (χ2v) is 6.99. The molecule has 0 aliphatic heterocycles. The highest BCUT2D eigenvalue weighted by molar-refractivity contribution is 6.03. The fraction of sp³-hybridized carbons (Fsp3) is 0.455. The van der Waals surface area contributed by atoms with E-state index in [1.54, 1.807) is 6.92 Å². The van der Waals surface area contributed by atoms with E-state index in [-0.39, 0.29) is 23.5 Å². The molecule has 1 atom stereocenters. The maximum Gasteiger partial charge on any atom is 0.287 e. The van der Waals surface area contributed by atoms with Crippen LogP contribution in [0.4, 0.5) is 0 Å². The maximum absolute atomic E-state index is 12.8. The third-order valence-corrected chi connectivity index (χ3v) is 5.41. The minimum atomic E-state index is -0.247. The Hall–Kier alpha value is -2.40. The third-order valence-electron chi connectivity index (χ3n) is 5.41. The molecule has 5 heteroatoms. The van der Waals surface area contributed by atoms with Gasteiger partial charge < -0.3 is 9.73 Å². The SMILES string of the molecule is CCN(CC)C(CNC(=O)c1oc2c(c1C)C(=O)CCC2)c1ccccc1. The number of nitrogens with one attached hydrogen (secondary N) is 1. The monoisotopic (exact) mass is 368 g/mol. The number of carbonyl (C=O) groups excluding carboxylic acids is 2. The maximum atomic E-state index is 12.8. The molecular formula is C22H28N2O3. The minimum absolute atomic E-state index is 0.0850. The molecule has 1 aromatic carbocycles. The third kappa shape index (κ3) is 3.98. The molecule has 1 aliphatic rings. The van der Waals surface area contributed by atoms with Gasteiger partial charge in [-0.15, -0.1) is 0 Å². The zero-order valence-electron chi connectivity index (χ0n) is 16.4. The molecule has 0 bridgehead atoms. The number of benzene rings is 1. The number of Topliss-reactive ketones (excluding diaryl/α,β-unsaturated/α-hetero) is 1. The van der Waals surface area contributed by atoms with Crippen molar-refractivity contribution in [1.82, 2.24) is 10.2 Å². The molecular weight excluding hydrogens is 340 g/mol. The van der Waals surface area contributed by atoms with Crippen molar-refractivity contribution < 1.29 is 14.0 Å². The van der Waals surface area contributed by atoms with Crippen LogP contribution in [-0.2, 0) is 6.42 Å². The summed E-state index contributed by atoms with van der Waals surface area (Å²) in [6, 6.07) is 10.3. The fourth-order valence-electron chi connectivity index (χ4n) is 3.93. The van der Waals surface area contributed by atoms with E-state index in [0.717, 1.165) is 25.9 Å². The Morgan fingerprint density at radius 2 is 1.89 bits per heavy atom. The van der Waals surface area contributed by atoms with Crippen LogP contribution in [0.1, 0.15) is 70.5 Å². The number of hydrogen-bond donors (Lipinski definition) is 1. The van der Waals surface area contributed by atoms with Gasteiger partial charge in [0.15, 0.2) is 11.5 Å². The van der Waals surface area contributed by atoms with Crippen molar-refractivity contribution in [3.8, 4) is 0 Å². The summed E-state index contributed by atoms with van der Waals surface area (Å²) in [5.41, 5.74) is 2.47. The molecule has 144 valence electrons. The summed E-state index contributed by atoms with van der Waals surface area (Å²) in [4.78, 5) is 27.3. The summed E-state index contributed by atoms with van der Waals surface area (Å²) >= 11 is 0. The van der Waals surface area contributed by atoms with Crippen LogP contribution in [0, 0.1) is 6.92 Å². The molecule has 27 heavy (non-hydrogen) atoms. The lowest BCUT2D eigenvalue weighted by Crippen LogP contribution is -2.38. The molecule has 1 aromatic heterocycles. The second kappa shape index (κ2) is 8.53. The number of fused-ring (bicyclic) bond motifs is 1. The van der Waals surface area contributed by atoms with Gasteiger partial charge in [-0.3, -0.25) is 14.5 Å². The highest BCUT2D eigenvalue weighted by Crippen LogP contribution is 2.29. The first-order chi connectivity index (χ1) is 13.1. The first kappa shape index (κ1) is 19.4. The van der Waals surface area contributed by atoms with Crippen molar-refractivity contribution in [3.63, 3.8) is 0 Å². The van der Waals surface area contributed by atoms with Gasteiger partial charge >= 0.3 is 0 Å². The second-order valence-electron chi connectivity index (χ2n) is 6.99. The lowest BCUT2D eigenvalue weighted by molar-refractivity contribution is 0.0902. The van der Waals surface area contributed by atoms with Crippen molar-refractivity contribution in [2.75, 3.05) is 19.6 Å². The first-order valence-electron chi connectivity index (χ1n) is 9.79. The number of rotatable bonds is 7. The van der Waals surface area contributed by atoms with Crippen LogP contribution in [0.25, 0.3) is 0 Å². The van der Waals surface area contributed by atoms with Crippen molar-refractivity contribution in [3.05, 3.63) is 58.5 Å². The van der Waals surface area contributed by atoms with E-state index in [1.165, 1.54) is 5.56 Å². The van der Waals surface area contributed by atoms with Gasteiger partial charge in [-0.1, -0.05) is 44.2 Å². The first-order valence-corrected chi connectivity index (χ1v) is 9.79. The summed E-state index contributed by atoms with van der Waals surface area (Å²) in [7, 11) is 0. The van der Waals surface area contributed by atoms with E-state index in [9.17, 15) is 9.59 Å². The standard InChI is InChI=1S/C22H28N2O3/c1-4-24(5-2)17(16-10-7-6-8-11-16)14-23-22(26)21-15(3)20-18(25)12-9-13-19(20)27-21/h6-8,10-11,17H,4-5,9,12-14H2,1-3H3,(H,23,26). The molecule has 1 heterocycles. The Labute approximate surface area is 160 Å². The van der Waals surface area contributed by atoms with Gasteiger partial charge in [0.1, 0.15) is 5.76 Å². The van der Waals surface area contributed by atoms with E-state index >= 15 is 0 Å². The van der Waals surface area contributed by atoms with Crippen LogP contribution < -0.4 is 5.32 Å². The van der Waals surface area contributed by atoms with E-state index in [2.05, 4.69) is 36.2 Å². The van der Waals surface area contributed by atoms with Crippen LogP contribution >= 0.6 is 0 Å². The van der Waals surface area contributed by atoms with Crippen LogP contribution in [0.5, 0.6) is 0 Å². The number of amides is 1. The van der Waals surface area contributed by atoms with Gasteiger partial charge in [0.2, 0.25) is 0 Å². The summed E-state index contributed by atoms with van der Waals surface area (Å²) in [6.45, 7) is 8.33. The van der Waals surface area contributed by atoms with Gasteiger partial charge in [0.25, 0.3) is 5.91 Å². The number of hydrogen-bond acceptors (Lipinski definition) is 4. The zero-order chi connectivity index (χ0) is 19.4. The Kier molecular flexibility index (Phi) is 6.11. The van der Waals surface area contributed by atoms with E-state index in [4.69, 9.17) is 4.42 Å². The van der Waals surface area contributed by atoms with Crippen LogP contribution in [0.3, 0.4) is 0 Å². The lowest BCUT2D eigenvalue weighted by atomic mass is 9.94. The number of likely N-dealkylation sites (N-methyl/N-ethyl adjacent to an activating group) is 1. The molecule has 0 saturated carbocycles. The smallest absolute Gasteiger partial charge is 0.287 e. The number of aryl methyl sites for hydroxylation is 1. The minimum Gasteiger partial charge on any atom is -0.455 e. The number of nitrogens with zero attached hydrogens (tertiary/aromatic N) is 1. The highest BCUT2D eigenvalue weighted by atomic mass is 16.4. The van der Waals surface area contributed by atoms with Crippen molar-refractivity contribution in [2.24, 2.45) is 0 Å². The molecule has 1 N–H and O–H groups in total. The predicted octanol–water partition coefficient (Wildman–Crippen LogP) is 3.92. The fourth-order valence-corrected chi connectivity index (χ4v) is 3.93. The molecule has 0 fully saturated rings. The number of ketones is 1. The molecule has 0 saturated heterocycles. The summed E-state index contributed by atoms with van der Waals surface area (Å²) < 4.78 is 5.77. The molecule has 1 amide bonds. The lowest BCUT2D eigenvalue weighted by Gasteiger charge is -2.30. The Balaban J connectivity index is 1.78. The van der Waals surface area contributed by atoms with Crippen molar-refractivity contribution in [1.29, 1.82) is 0 Å². The summed E-state index contributed by atoms with van der Waals surface area (Å²) in [6.07, 6.45) is 2.05. The normalized spacial score (nSPS) is 14.9. The molecule has 3 rings (SSSR count). The Morgan fingerprint density at radius 3 is 2.52 bits per heavy atom. The molecule has 0 radical (unpaired) electrons. The van der Waals surface area contributed by atoms with Crippen LogP contribution in [0.2, 0.25) is 0 Å². The van der Waals surface area contributed by atoms with Crippen molar-refractivity contribution in [2.45, 2.75) is 46.1 Å². The predicted molar refractivity (Wildman–Crippen MR) is 105 cm³/mol. The van der Waals surface area contributed by atoms with Crippen LogP contribution in [-0.4, -0.2) is 36.2 Å². The average Bonchev–Trinajstić information content (AvgIpc) is 3.03. The van der Waals surface area contributed by atoms with Gasteiger partial charge in [-0.05, 0) is 32.0 Å². The summed E-state index contributed by atoms with van der Waals surface area (Å²) in [5, 5.41) is 3.03. The van der Waals surface area contributed by atoms with Gasteiger partial charge in [0.05, 0.1) is 11.6 Å². The van der Waals surface area contributed by atoms with Gasteiger partial charge in [-0.25, -0.2) is 0 Å². The largest absolute Gasteiger partial charge is 0.455 e. The van der Waals surface area contributed by atoms with E-state index < -0.39 is 0 Å². The molecule has 0 spiro atoms. The molecule has 1 aliphatic carbocycles. The van der Waals surface area contributed by atoms with E-state index in [1.807, 2.05) is 18.2 Å². The van der Waals surface area contributed by atoms with Crippen molar-refractivity contribution >= 4 is 11.7 Å². The van der Waals surface area contributed by atoms with Gasteiger partial charge in [0, 0.05) is 24.9 Å². The summed E-state index contributed by atoms with van der Waals surface area (Å²) in [5.74, 6) is 0.781. The zero-order valence-corrected chi connectivity index (χ0v) is 16.4. The number of carbonyl (C=O) groups is 2. The van der Waals surface area contributed by atoms with E-state index in [0.29, 0.717) is 29.9 Å². The topological polar surface area (TPSA) is 62.6 Å². The highest BCUT2D eigenvalue weighted by Gasteiger charge is 2.29. The molecule has 5 nitrogen and oxygen atoms in total. The quantitative estimate of drug-likeness (QED) is 0.805. The van der Waals surface area contributed by atoms with Crippen LogP contribution in [0.15, 0.2) is 34.7 Å². The van der Waals surface area contributed by atoms with Gasteiger partial charge in [-0.2, -0.15) is 0 Å². The Morgan fingerprint density at radius 1 is 1.19 bits per heavy atom. The molecule has 1 unspecified atom stereocenters.